The van der Waals surface area contributed by atoms with Gasteiger partial charge in [-0.2, -0.15) is 10.4 Å². The highest BCUT2D eigenvalue weighted by atomic mass is 16.9. The Bertz CT molecular complexity index is 302. The van der Waals surface area contributed by atoms with Gasteiger partial charge in [-0.15, -0.1) is 0 Å². The minimum Gasteiger partial charge on any atom is -0.404 e. The number of nitrogens with zero attached hydrogens (tertiary/aromatic N) is 1. The number of carbonyl (C=O) groups excluding carboxylic acids is 1. The summed E-state index contributed by atoms with van der Waals surface area (Å²) in [6.07, 6.45) is 11.4. The summed E-state index contributed by atoms with van der Waals surface area (Å²) >= 11 is 0. The molecule has 0 bridgehead atoms. The van der Waals surface area contributed by atoms with Gasteiger partial charge < -0.3 is 4.74 Å². The highest BCUT2D eigenvalue weighted by Crippen LogP contribution is 2.24. The van der Waals surface area contributed by atoms with Crippen LogP contribution < -0.4 is 0 Å². The first-order valence-electron chi connectivity index (χ1n) is 8.80. The van der Waals surface area contributed by atoms with Crippen molar-refractivity contribution in [3.8, 4) is 0 Å². The molecular formula is C17H36NO4+. The van der Waals surface area contributed by atoms with E-state index in [0.717, 1.165) is 19.3 Å². The normalized spacial score (nSPS) is 14.6. The number of esters is 1. The van der Waals surface area contributed by atoms with Crippen LogP contribution in [0, 0.1) is 0 Å². The van der Waals surface area contributed by atoms with Crippen LogP contribution in [0.2, 0.25) is 0 Å². The molecule has 0 rings (SSSR count). The Kier molecular flexibility index (Phi) is 10.6. The lowest BCUT2D eigenvalue weighted by atomic mass is 10.1. The summed E-state index contributed by atoms with van der Waals surface area (Å²) in [5.74, 6) is -0.361. The van der Waals surface area contributed by atoms with Crippen molar-refractivity contribution in [3.63, 3.8) is 0 Å². The van der Waals surface area contributed by atoms with Gasteiger partial charge in [0.1, 0.15) is 7.05 Å². The second kappa shape index (κ2) is 11.0. The monoisotopic (exact) mass is 318 g/mol. The van der Waals surface area contributed by atoms with Crippen LogP contribution in [0.3, 0.4) is 0 Å². The molecule has 0 saturated carbocycles. The number of hydrogen-bond donors (Lipinski definition) is 2. The maximum absolute atomic E-state index is 11.8. The lowest BCUT2D eigenvalue weighted by Gasteiger charge is -2.34. The van der Waals surface area contributed by atoms with Gasteiger partial charge in [0.2, 0.25) is 0 Å². The molecule has 1 unspecified atom stereocenters. The van der Waals surface area contributed by atoms with Crippen LogP contribution in [0.25, 0.3) is 0 Å². The molecule has 0 aliphatic heterocycles. The number of ether oxygens (including phenoxy) is 1. The molecule has 22 heavy (non-hydrogen) atoms. The SMILES string of the molecule is CCCCCCCCCCCC(=O)OC(C)(CC)[N+](C)(O)O. The molecule has 2 N–H and O–H groups in total. The summed E-state index contributed by atoms with van der Waals surface area (Å²) in [6.45, 7) is 5.51. The Hall–Kier alpha value is -0.650. The fourth-order valence-corrected chi connectivity index (χ4v) is 2.33. The van der Waals surface area contributed by atoms with Gasteiger partial charge >= 0.3 is 11.7 Å². The molecule has 0 amide bonds. The Labute approximate surface area is 135 Å². The third-order valence-corrected chi connectivity index (χ3v) is 4.37. The minimum atomic E-state index is -1.35. The van der Waals surface area contributed by atoms with E-state index in [4.69, 9.17) is 4.74 Å². The van der Waals surface area contributed by atoms with E-state index in [2.05, 4.69) is 6.92 Å². The smallest absolute Gasteiger partial charge is 0.310 e. The van der Waals surface area contributed by atoms with Gasteiger partial charge in [0.25, 0.3) is 0 Å². The zero-order valence-corrected chi connectivity index (χ0v) is 14.9. The number of quaternary nitrogens is 1. The topological polar surface area (TPSA) is 66.8 Å². The molecule has 132 valence electrons. The van der Waals surface area contributed by atoms with E-state index < -0.39 is 10.5 Å². The van der Waals surface area contributed by atoms with Crippen molar-refractivity contribution in [2.75, 3.05) is 7.05 Å². The van der Waals surface area contributed by atoms with Crippen molar-refractivity contribution in [2.24, 2.45) is 0 Å². The van der Waals surface area contributed by atoms with Gasteiger partial charge in [-0.05, 0) is 11.2 Å². The van der Waals surface area contributed by atoms with Crippen molar-refractivity contribution >= 4 is 5.97 Å². The van der Waals surface area contributed by atoms with Crippen LogP contribution in [0.5, 0.6) is 0 Å². The molecule has 0 aliphatic carbocycles. The standard InChI is InChI=1S/C17H36NO4/c1-5-7-8-9-10-11-12-13-14-15-16(19)22-17(3,6-2)18(4,20)21/h20-21H,5-15H2,1-4H3/q+1. The molecule has 0 fully saturated rings. The average molecular weight is 318 g/mol. The third kappa shape index (κ3) is 8.71. The fourth-order valence-electron chi connectivity index (χ4n) is 2.33. The van der Waals surface area contributed by atoms with E-state index in [1.54, 1.807) is 6.92 Å². The molecule has 0 aromatic rings. The fraction of sp³-hybridized carbons (Fsp3) is 0.941. The quantitative estimate of drug-likeness (QED) is 0.168. The Balaban J connectivity index is 3.74. The maximum atomic E-state index is 11.8. The molecule has 5 nitrogen and oxygen atoms in total. The van der Waals surface area contributed by atoms with E-state index >= 15 is 0 Å². The summed E-state index contributed by atoms with van der Waals surface area (Å²) in [5, 5.41) is 19.3. The van der Waals surface area contributed by atoms with Crippen LogP contribution in [-0.4, -0.2) is 34.0 Å². The lowest BCUT2D eigenvalue weighted by Crippen LogP contribution is -2.58. The predicted octanol–water partition coefficient (Wildman–Crippen LogP) is 4.80. The van der Waals surface area contributed by atoms with E-state index in [-0.39, 0.29) is 5.97 Å². The molecule has 0 spiro atoms. The van der Waals surface area contributed by atoms with Crippen molar-refractivity contribution in [3.05, 3.63) is 0 Å². The number of hydrogen-bond acceptors (Lipinski definition) is 4. The number of rotatable bonds is 13. The van der Waals surface area contributed by atoms with E-state index in [9.17, 15) is 15.2 Å². The summed E-state index contributed by atoms with van der Waals surface area (Å²) in [4.78, 5) is 10.5. The second-order valence-electron chi connectivity index (χ2n) is 6.49. The van der Waals surface area contributed by atoms with Crippen LogP contribution in [0.4, 0.5) is 0 Å². The highest BCUT2D eigenvalue weighted by Gasteiger charge is 2.46. The molecule has 1 atom stereocenters. The molecule has 5 heteroatoms. The van der Waals surface area contributed by atoms with E-state index in [1.807, 2.05) is 0 Å². The minimum absolute atomic E-state index is 0.333. The van der Waals surface area contributed by atoms with Gasteiger partial charge in [0.05, 0.1) is 0 Å². The first-order chi connectivity index (χ1) is 10.3. The van der Waals surface area contributed by atoms with Crippen LogP contribution >= 0.6 is 0 Å². The molecular weight excluding hydrogens is 282 g/mol. The zero-order chi connectivity index (χ0) is 17.1. The van der Waals surface area contributed by atoms with Crippen LogP contribution in [0.15, 0.2) is 0 Å². The highest BCUT2D eigenvalue weighted by molar-refractivity contribution is 5.69. The maximum Gasteiger partial charge on any atom is 0.310 e. The molecule has 0 aliphatic rings. The van der Waals surface area contributed by atoms with E-state index in [0.29, 0.717) is 12.8 Å². The van der Waals surface area contributed by atoms with Gasteiger partial charge in [0, 0.05) is 19.8 Å². The lowest BCUT2D eigenvalue weighted by molar-refractivity contribution is -1.27. The van der Waals surface area contributed by atoms with Gasteiger partial charge in [0.15, 0.2) is 0 Å². The van der Waals surface area contributed by atoms with Crippen molar-refractivity contribution in [1.82, 2.24) is 0 Å². The molecule has 0 saturated heterocycles. The Morgan fingerprint density at radius 1 is 0.955 bits per heavy atom. The van der Waals surface area contributed by atoms with Crippen molar-refractivity contribution in [2.45, 2.75) is 97.1 Å². The number of unbranched alkanes of at least 4 members (excludes halogenated alkanes) is 8. The number of carbonyl (C=O) groups is 1. The van der Waals surface area contributed by atoms with Crippen molar-refractivity contribution in [1.29, 1.82) is 0 Å². The summed E-state index contributed by atoms with van der Waals surface area (Å²) in [7, 11) is 1.19. The third-order valence-electron chi connectivity index (χ3n) is 4.37. The number of hydroxylamine groups is 4. The van der Waals surface area contributed by atoms with Gasteiger partial charge in [-0.25, -0.2) is 0 Å². The summed E-state index contributed by atoms with van der Waals surface area (Å²) < 4.78 is 5.26. The molecule has 0 heterocycles. The second-order valence-corrected chi connectivity index (χ2v) is 6.49. The van der Waals surface area contributed by atoms with Crippen LogP contribution in [-0.2, 0) is 9.53 Å². The first-order valence-corrected chi connectivity index (χ1v) is 8.80. The van der Waals surface area contributed by atoms with Gasteiger partial charge in [-0.3, -0.25) is 4.79 Å². The predicted molar refractivity (Wildman–Crippen MR) is 86.4 cm³/mol. The molecule has 0 aromatic carbocycles. The molecule has 0 radical (unpaired) electrons. The van der Waals surface area contributed by atoms with Crippen LogP contribution in [0.1, 0.15) is 91.4 Å². The van der Waals surface area contributed by atoms with Crippen molar-refractivity contribution < 1.29 is 24.8 Å². The Morgan fingerprint density at radius 2 is 1.41 bits per heavy atom. The largest absolute Gasteiger partial charge is 0.404 e. The first kappa shape index (κ1) is 21.4. The summed E-state index contributed by atoms with van der Waals surface area (Å²) in [5.41, 5.74) is -1.31. The van der Waals surface area contributed by atoms with E-state index in [1.165, 1.54) is 52.5 Å². The average Bonchev–Trinajstić information content (AvgIpc) is 2.44. The Morgan fingerprint density at radius 3 is 1.82 bits per heavy atom. The molecule has 0 aromatic heterocycles. The zero-order valence-electron chi connectivity index (χ0n) is 14.9. The summed E-state index contributed by atoms with van der Waals surface area (Å²) in [6, 6.07) is 0. The van der Waals surface area contributed by atoms with Gasteiger partial charge in [-0.1, -0.05) is 65.2 Å².